The molecule has 2 aliphatic heterocycles. The van der Waals surface area contributed by atoms with Gasteiger partial charge in [-0.15, -0.1) is 0 Å². The van der Waals surface area contributed by atoms with Crippen LogP contribution in [0.1, 0.15) is 65.2 Å². The molecule has 2 saturated heterocycles. The first-order valence-corrected chi connectivity index (χ1v) is 15.5. The highest BCUT2D eigenvalue weighted by Gasteiger charge is 2.62. The number of fused-ring (bicyclic) bond motifs is 4. The van der Waals surface area contributed by atoms with E-state index in [9.17, 15) is 35.9 Å². The second kappa shape index (κ2) is 10.7. The quantitative estimate of drug-likeness (QED) is 0.386. The number of amides is 2. The minimum Gasteiger partial charge on any atom is -0.304 e. The van der Waals surface area contributed by atoms with Crippen molar-refractivity contribution in [3.8, 4) is 0 Å². The van der Waals surface area contributed by atoms with Crippen LogP contribution in [0.4, 0.5) is 26.3 Å². The van der Waals surface area contributed by atoms with Crippen molar-refractivity contribution in [3.63, 3.8) is 0 Å². The summed E-state index contributed by atoms with van der Waals surface area (Å²) in [6, 6.07) is 0. The smallest absolute Gasteiger partial charge is 0.304 e. The predicted octanol–water partition coefficient (Wildman–Crippen LogP) is 5.93. The number of nitrogens with zero attached hydrogens (tertiary/aromatic N) is 2. The fraction of sp³-hybridized carbons (Fsp3) is 0.846. The molecule has 4 saturated carbocycles. The predicted molar refractivity (Wildman–Crippen MR) is 143 cm³/mol. The standard InChI is InChI=1S/2C13H17F3N2OS/c2*1-12(13(14,15)16)10(19)18-11(20-12)17-6-9-5-7-2-3-8(9)4-7/h2*7-9H,2-6H2,1H3,(H,17,18,19)/t7-,8+,9?,12+;7-,8+,9?,12-/m11/s1. The molecule has 2 amide bonds. The maximum atomic E-state index is 12.9. The first-order valence-electron chi connectivity index (χ1n) is 13.8. The van der Waals surface area contributed by atoms with Gasteiger partial charge in [-0.05, 0) is 87.9 Å². The van der Waals surface area contributed by atoms with Crippen molar-refractivity contribution in [1.82, 2.24) is 10.6 Å². The fourth-order valence-corrected chi connectivity index (χ4v) is 8.94. The molecule has 8 atom stereocenters. The van der Waals surface area contributed by atoms with E-state index in [1.54, 1.807) is 0 Å². The number of rotatable bonds is 4. The van der Waals surface area contributed by atoms with Gasteiger partial charge in [0.1, 0.15) is 0 Å². The number of hydrogen-bond donors (Lipinski definition) is 2. The Kier molecular flexibility index (Phi) is 8.02. The summed E-state index contributed by atoms with van der Waals surface area (Å²) in [5.74, 6) is 1.88. The Morgan fingerprint density at radius 3 is 1.32 bits per heavy atom. The van der Waals surface area contributed by atoms with E-state index >= 15 is 0 Å². The highest BCUT2D eigenvalue weighted by atomic mass is 32.2. The normalized spacial score (nSPS) is 42.5. The van der Waals surface area contributed by atoms with Crippen molar-refractivity contribution in [3.05, 3.63) is 0 Å². The summed E-state index contributed by atoms with van der Waals surface area (Å²) in [5.41, 5.74) is 0. The molecule has 6 aliphatic rings. The number of alkyl halides is 6. The van der Waals surface area contributed by atoms with Gasteiger partial charge in [-0.3, -0.25) is 19.6 Å². The second-order valence-electron chi connectivity index (χ2n) is 12.3. The Balaban J connectivity index is 0.000000161. The molecule has 4 aliphatic carbocycles. The molecule has 0 spiro atoms. The molecule has 6 fully saturated rings. The minimum absolute atomic E-state index is 0.123. The van der Waals surface area contributed by atoms with E-state index in [4.69, 9.17) is 0 Å². The van der Waals surface area contributed by atoms with Crippen LogP contribution >= 0.6 is 23.5 Å². The van der Waals surface area contributed by atoms with Crippen LogP contribution in [0.25, 0.3) is 0 Å². The van der Waals surface area contributed by atoms with Crippen molar-refractivity contribution in [2.75, 3.05) is 13.1 Å². The molecule has 6 rings (SSSR count). The molecule has 0 aromatic heterocycles. The summed E-state index contributed by atoms with van der Waals surface area (Å²) < 4.78 is 72.6. The van der Waals surface area contributed by atoms with Crippen LogP contribution < -0.4 is 10.6 Å². The molecule has 0 aromatic carbocycles. The molecule has 0 radical (unpaired) electrons. The van der Waals surface area contributed by atoms with E-state index in [1.807, 2.05) is 0 Å². The van der Waals surface area contributed by atoms with Crippen LogP contribution in [0.5, 0.6) is 0 Å². The number of nitrogens with one attached hydrogen (secondary N) is 2. The Bertz CT molecular complexity index is 1010. The van der Waals surface area contributed by atoms with Gasteiger partial charge in [-0.25, -0.2) is 0 Å². The van der Waals surface area contributed by atoms with Gasteiger partial charge in [-0.2, -0.15) is 26.3 Å². The maximum absolute atomic E-state index is 12.9. The molecule has 2 N–H and O–H groups in total. The Morgan fingerprint density at radius 1 is 0.700 bits per heavy atom. The van der Waals surface area contributed by atoms with E-state index in [1.165, 1.54) is 38.5 Å². The van der Waals surface area contributed by atoms with Crippen LogP contribution in [0.15, 0.2) is 9.98 Å². The van der Waals surface area contributed by atoms with Gasteiger partial charge < -0.3 is 10.6 Å². The zero-order chi connectivity index (χ0) is 29.1. The highest BCUT2D eigenvalue weighted by molar-refractivity contribution is 8.16. The van der Waals surface area contributed by atoms with Crippen LogP contribution in [0.3, 0.4) is 0 Å². The molecule has 6 nitrogen and oxygen atoms in total. The number of aliphatic imine (C=N–C) groups is 2. The lowest BCUT2D eigenvalue weighted by atomic mass is 9.89. The van der Waals surface area contributed by atoms with Crippen molar-refractivity contribution < 1.29 is 35.9 Å². The molecule has 14 heteroatoms. The lowest BCUT2D eigenvalue weighted by Crippen LogP contribution is -2.46. The van der Waals surface area contributed by atoms with Crippen molar-refractivity contribution >= 4 is 45.7 Å². The van der Waals surface area contributed by atoms with Gasteiger partial charge in [0.25, 0.3) is 11.8 Å². The van der Waals surface area contributed by atoms with E-state index in [-0.39, 0.29) is 10.3 Å². The first-order chi connectivity index (χ1) is 18.6. The molecule has 2 heterocycles. The van der Waals surface area contributed by atoms with E-state index < -0.39 is 33.7 Å². The van der Waals surface area contributed by atoms with Crippen molar-refractivity contribution in [2.24, 2.45) is 45.5 Å². The Morgan fingerprint density at radius 2 is 1.07 bits per heavy atom. The van der Waals surface area contributed by atoms with E-state index in [0.29, 0.717) is 60.3 Å². The number of thioether (sulfide) groups is 2. The fourth-order valence-electron chi connectivity index (χ4n) is 7.08. The van der Waals surface area contributed by atoms with Crippen molar-refractivity contribution in [1.29, 1.82) is 0 Å². The third-order valence-corrected chi connectivity index (χ3v) is 12.2. The summed E-state index contributed by atoms with van der Waals surface area (Å²) in [7, 11) is 0. The number of carbonyl (C=O) groups excluding carboxylic acids is 2. The molecule has 4 bridgehead atoms. The van der Waals surface area contributed by atoms with Crippen LogP contribution in [-0.4, -0.2) is 57.1 Å². The molecular weight excluding hydrogens is 578 g/mol. The molecule has 0 aromatic rings. The number of halogens is 6. The van der Waals surface area contributed by atoms with E-state index in [2.05, 4.69) is 20.6 Å². The lowest BCUT2D eigenvalue weighted by molar-refractivity contribution is -0.167. The summed E-state index contributed by atoms with van der Waals surface area (Å²) in [6.07, 6.45) is 0.652. The molecular formula is C26H34F6N4O2S2. The third kappa shape index (κ3) is 5.64. The monoisotopic (exact) mass is 612 g/mol. The Hall–Kier alpha value is -1.44. The van der Waals surface area contributed by atoms with Gasteiger partial charge in [0.15, 0.2) is 19.8 Å². The van der Waals surface area contributed by atoms with Gasteiger partial charge in [-0.1, -0.05) is 36.4 Å². The number of hydrogen-bond acceptors (Lipinski definition) is 6. The van der Waals surface area contributed by atoms with Crippen LogP contribution in [0, 0.1) is 35.5 Å². The average molecular weight is 613 g/mol. The van der Waals surface area contributed by atoms with Gasteiger partial charge in [0.05, 0.1) is 0 Å². The molecule has 2 unspecified atom stereocenters. The largest absolute Gasteiger partial charge is 0.412 e. The summed E-state index contributed by atoms with van der Waals surface area (Å²) in [5, 5.41) is 4.79. The number of carbonyl (C=O) groups is 2. The summed E-state index contributed by atoms with van der Waals surface area (Å²) in [6.45, 7) is 2.90. The van der Waals surface area contributed by atoms with E-state index in [0.717, 1.165) is 38.5 Å². The topological polar surface area (TPSA) is 82.9 Å². The zero-order valence-corrected chi connectivity index (χ0v) is 24.0. The maximum Gasteiger partial charge on any atom is 0.412 e. The highest BCUT2D eigenvalue weighted by Crippen LogP contribution is 2.50. The Labute approximate surface area is 237 Å². The average Bonchev–Trinajstić information content (AvgIpc) is 3.69. The summed E-state index contributed by atoms with van der Waals surface area (Å²) >= 11 is 0.992. The number of amidine groups is 2. The van der Waals surface area contributed by atoms with Crippen LogP contribution in [-0.2, 0) is 9.59 Å². The SMILES string of the molecule is C[C@@]1(C(F)(F)F)SC(=NCC2C[C@@H]3CC[C@H]2C3)NC1=O.C[C@]1(C(F)(F)F)SC(=NCC2C[C@@H]3CC[C@H]2C3)NC1=O. The second-order valence-corrected chi connectivity index (χ2v) is 15.2. The molecule has 40 heavy (non-hydrogen) atoms. The van der Waals surface area contributed by atoms with Gasteiger partial charge in [0, 0.05) is 13.1 Å². The van der Waals surface area contributed by atoms with Crippen LogP contribution in [0.2, 0.25) is 0 Å². The lowest BCUT2D eigenvalue weighted by Gasteiger charge is -2.22. The zero-order valence-electron chi connectivity index (χ0n) is 22.3. The minimum atomic E-state index is -4.56. The van der Waals surface area contributed by atoms with Gasteiger partial charge in [0.2, 0.25) is 0 Å². The summed E-state index contributed by atoms with van der Waals surface area (Å²) in [4.78, 5) is 31.6. The van der Waals surface area contributed by atoms with Crippen molar-refractivity contribution in [2.45, 2.75) is 87.1 Å². The third-order valence-electron chi connectivity index (χ3n) is 9.70. The molecule has 224 valence electrons. The van der Waals surface area contributed by atoms with Gasteiger partial charge >= 0.3 is 12.4 Å². The first kappa shape index (κ1) is 30.0.